The zero-order chi connectivity index (χ0) is 17.7. The van der Waals surface area contributed by atoms with Gasteiger partial charge >= 0.3 is 0 Å². The summed E-state index contributed by atoms with van der Waals surface area (Å²) in [5, 5.41) is 18.6. The second-order valence-electron chi connectivity index (χ2n) is 5.72. The second-order valence-corrected chi connectivity index (χ2v) is 8.05. The normalized spacial score (nSPS) is 11.4. The Kier molecular flexibility index (Phi) is 5.91. The maximum Gasteiger partial charge on any atom is 0.220 e. The number of halogens is 1. The predicted octanol–water partition coefficient (Wildman–Crippen LogP) is 4.45. The lowest BCUT2D eigenvalue weighted by Gasteiger charge is -2.26. The van der Waals surface area contributed by atoms with Crippen LogP contribution in [0.25, 0.3) is 0 Å². The molecule has 0 fully saturated rings. The molecule has 0 atom stereocenters. The first kappa shape index (κ1) is 18.1. The molecule has 0 saturated heterocycles. The number of hydrogen-bond donors (Lipinski definition) is 2. The molecule has 0 aliphatic heterocycles. The number of hydrogen-bond acceptors (Lipinski definition) is 4. The van der Waals surface area contributed by atoms with Gasteiger partial charge in [0.15, 0.2) is 0 Å². The Bertz CT molecular complexity index is 782. The number of aliphatic hydroxyl groups is 1. The van der Waals surface area contributed by atoms with Crippen LogP contribution in [0.3, 0.4) is 0 Å². The number of nitrogens with one attached hydrogen (secondary N) is 1. The number of thiophene rings is 2. The zero-order valence-electron chi connectivity index (χ0n) is 13.4. The van der Waals surface area contributed by atoms with Crippen LogP contribution in [-0.2, 0) is 16.8 Å². The topological polar surface area (TPSA) is 49.3 Å². The Morgan fingerprint density at radius 1 is 1.08 bits per heavy atom. The molecule has 3 rings (SSSR count). The molecule has 0 unspecified atom stereocenters. The molecule has 0 radical (unpaired) electrons. The van der Waals surface area contributed by atoms with Gasteiger partial charge in [-0.2, -0.15) is 0 Å². The molecule has 2 aromatic heterocycles. The molecule has 2 N–H and O–H groups in total. The molecule has 0 bridgehead atoms. The molecule has 6 heteroatoms. The predicted molar refractivity (Wildman–Crippen MR) is 104 cm³/mol. The molecule has 130 valence electrons. The van der Waals surface area contributed by atoms with Gasteiger partial charge in [-0.05, 0) is 47.0 Å². The fourth-order valence-electron chi connectivity index (χ4n) is 2.59. The van der Waals surface area contributed by atoms with Crippen LogP contribution in [0.15, 0.2) is 59.3 Å². The van der Waals surface area contributed by atoms with Crippen molar-refractivity contribution in [2.75, 3.05) is 6.54 Å². The van der Waals surface area contributed by atoms with E-state index in [-0.39, 0.29) is 12.5 Å². The first-order valence-electron chi connectivity index (χ1n) is 7.89. The van der Waals surface area contributed by atoms with Crippen LogP contribution in [0.2, 0.25) is 5.02 Å². The number of benzene rings is 1. The monoisotopic (exact) mass is 391 g/mol. The van der Waals surface area contributed by atoms with E-state index >= 15 is 0 Å². The van der Waals surface area contributed by atoms with Crippen LogP contribution < -0.4 is 5.32 Å². The summed E-state index contributed by atoms with van der Waals surface area (Å²) in [6.45, 7) is 0.155. The van der Waals surface area contributed by atoms with Crippen LogP contribution in [-0.4, -0.2) is 17.6 Å². The smallest absolute Gasteiger partial charge is 0.220 e. The van der Waals surface area contributed by atoms with Crippen molar-refractivity contribution < 1.29 is 9.90 Å². The highest BCUT2D eigenvalue weighted by Gasteiger charge is 2.34. The number of amides is 1. The van der Waals surface area contributed by atoms with Crippen molar-refractivity contribution in [1.82, 2.24) is 5.32 Å². The third-order valence-corrected chi connectivity index (χ3v) is 6.21. The van der Waals surface area contributed by atoms with Crippen LogP contribution in [0.5, 0.6) is 0 Å². The summed E-state index contributed by atoms with van der Waals surface area (Å²) in [4.78, 5) is 13.9. The third kappa shape index (κ3) is 4.50. The zero-order valence-corrected chi connectivity index (χ0v) is 15.8. The number of carbonyl (C=O) groups is 1. The van der Waals surface area contributed by atoms with E-state index in [9.17, 15) is 9.90 Å². The van der Waals surface area contributed by atoms with E-state index < -0.39 is 5.60 Å². The molecule has 0 spiro atoms. The van der Waals surface area contributed by atoms with Gasteiger partial charge < -0.3 is 10.4 Å². The maximum absolute atomic E-state index is 12.2. The van der Waals surface area contributed by atoms with Crippen molar-refractivity contribution in [3.8, 4) is 0 Å². The van der Waals surface area contributed by atoms with Crippen molar-refractivity contribution in [3.05, 3.63) is 79.6 Å². The van der Waals surface area contributed by atoms with Gasteiger partial charge in [-0.1, -0.05) is 35.9 Å². The largest absolute Gasteiger partial charge is 0.377 e. The van der Waals surface area contributed by atoms with Gasteiger partial charge in [-0.3, -0.25) is 4.79 Å². The van der Waals surface area contributed by atoms with Gasteiger partial charge in [-0.25, -0.2) is 0 Å². The van der Waals surface area contributed by atoms with Gasteiger partial charge in [0.1, 0.15) is 5.60 Å². The van der Waals surface area contributed by atoms with Crippen molar-refractivity contribution >= 4 is 40.2 Å². The molecule has 0 aliphatic carbocycles. The molecule has 0 saturated carbocycles. The number of aryl methyl sites for hydroxylation is 1. The standard InChI is InChI=1S/C19H18ClNO2S2/c20-15-5-1-4-14(12-15)8-9-18(22)21-13-19(23,16-6-2-10-24-16)17-7-3-11-25-17/h1-7,10-12,23H,8-9,13H2,(H,21,22). The lowest BCUT2D eigenvalue weighted by molar-refractivity contribution is -0.122. The average molecular weight is 392 g/mol. The van der Waals surface area contributed by atoms with Gasteiger partial charge in [-0.15, -0.1) is 22.7 Å². The summed E-state index contributed by atoms with van der Waals surface area (Å²) in [6, 6.07) is 15.1. The number of carbonyl (C=O) groups excluding carboxylic acids is 1. The van der Waals surface area contributed by atoms with Gasteiger partial charge in [0.05, 0.1) is 6.54 Å². The Morgan fingerprint density at radius 2 is 1.76 bits per heavy atom. The fourth-order valence-corrected chi connectivity index (χ4v) is 4.54. The SMILES string of the molecule is O=C(CCc1cccc(Cl)c1)NCC(O)(c1cccs1)c1cccs1. The Balaban J connectivity index is 1.63. The fraction of sp³-hybridized carbons (Fsp3) is 0.211. The Labute approximate surface area is 159 Å². The summed E-state index contributed by atoms with van der Waals surface area (Å²) >= 11 is 8.93. The first-order chi connectivity index (χ1) is 12.1. The highest BCUT2D eigenvalue weighted by Crippen LogP contribution is 2.35. The van der Waals surface area contributed by atoms with Crippen molar-refractivity contribution in [1.29, 1.82) is 0 Å². The van der Waals surface area contributed by atoms with Crippen molar-refractivity contribution in [2.24, 2.45) is 0 Å². The van der Waals surface area contributed by atoms with Crippen LogP contribution in [0.4, 0.5) is 0 Å². The Morgan fingerprint density at radius 3 is 2.32 bits per heavy atom. The molecular formula is C19H18ClNO2S2. The molecule has 0 aliphatic rings. The Hall–Kier alpha value is -1.66. The molecule has 1 aromatic carbocycles. The summed E-state index contributed by atoms with van der Waals surface area (Å²) in [5.41, 5.74) is -0.164. The van der Waals surface area contributed by atoms with Gasteiger partial charge in [0.25, 0.3) is 0 Å². The van der Waals surface area contributed by atoms with E-state index in [1.165, 1.54) is 22.7 Å². The van der Waals surface area contributed by atoms with E-state index in [2.05, 4.69) is 5.32 Å². The lowest BCUT2D eigenvalue weighted by atomic mass is 9.99. The molecular weight excluding hydrogens is 374 g/mol. The second kappa shape index (κ2) is 8.15. The molecule has 3 nitrogen and oxygen atoms in total. The van der Waals surface area contributed by atoms with E-state index in [0.717, 1.165) is 15.3 Å². The van der Waals surface area contributed by atoms with Crippen LogP contribution in [0.1, 0.15) is 21.7 Å². The first-order valence-corrected chi connectivity index (χ1v) is 10.0. The average Bonchev–Trinajstić information content (AvgIpc) is 3.32. The summed E-state index contributed by atoms with van der Waals surface area (Å²) < 4.78 is 0. The maximum atomic E-state index is 12.2. The van der Waals surface area contributed by atoms with Crippen molar-refractivity contribution in [3.63, 3.8) is 0 Å². The van der Waals surface area contributed by atoms with Crippen LogP contribution in [0, 0.1) is 0 Å². The van der Waals surface area contributed by atoms with Crippen LogP contribution >= 0.6 is 34.3 Å². The minimum Gasteiger partial charge on any atom is -0.377 e. The minimum absolute atomic E-state index is 0.0912. The quantitative estimate of drug-likeness (QED) is 0.625. The van der Waals surface area contributed by atoms with Gasteiger partial charge in [0, 0.05) is 21.2 Å². The van der Waals surface area contributed by atoms with Crippen molar-refractivity contribution in [2.45, 2.75) is 18.4 Å². The summed E-state index contributed by atoms with van der Waals surface area (Å²) in [7, 11) is 0. The molecule has 2 heterocycles. The lowest BCUT2D eigenvalue weighted by Crippen LogP contribution is -2.40. The summed E-state index contributed by atoms with van der Waals surface area (Å²) in [6.07, 6.45) is 0.966. The molecule has 1 amide bonds. The number of rotatable bonds is 7. The highest BCUT2D eigenvalue weighted by molar-refractivity contribution is 7.11. The van der Waals surface area contributed by atoms with Gasteiger partial charge in [0.2, 0.25) is 5.91 Å². The minimum atomic E-state index is -1.19. The van der Waals surface area contributed by atoms with E-state index in [1.54, 1.807) is 0 Å². The van der Waals surface area contributed by atoms with E-state index in [1.807, 2.05) is 59.3 Å². The van der Waals surface area contributed by atoms with E-state index in [0.29, 0.717) is 17.9 Å². The third-order valence-electron chi connectivity index (χ3n) is 3.93. The molecule has 25 heavy (non-hydrogen) atoms. The molecule has 3 aromatic rings. The summed E-state index contributed by atoms with van der Waals surface area (Å²) in [5.74, 6) is -0.0912. The van der Waals surface area contributed by atoms with E-state index in [4.69, 9.17) is 11.6 Å². The highest BCUT2D eigenvalue weighted by atomic mass is 35.5.